The number of aryl methyl sites for hydroxylation is 1. The molecule has 2 heterocycles. The highest BCUT2D eigenvalue weighted by Gasteiger charge is 2.25. The smallest absolute Gasteiger partial charge is 0.253 e. The summed E-state index contributed by atoms with van der Waals surface area (Å²) in [7, 11) is 0. The van der Waals surface area contributed by atoms with E-state index in [2.05, 4.69) is 34.5 Å². The summed E-state index contributed by atoms with van der Waals surface area (Å²) in [5, 5.41) is 0. The Kier molecular flexibility index (Phi) is 5.30. The molecule has 1 fully saturated rings. The zero-order valence-electron chi connectivity index (χ0n) is 14.6. The molecule has 128 valence electrons. The zero-order chi connectivity index (χ0) is 16.9. The molecule has 1 aliphatic rings. The van der Waals surface area contributed by atoms with Crippen LogP contribution in [0.3, 0.4) is 0 Å². The van der Waals surface area contributed by atoms with Crippen LogP contribution >= 0.6 is 0 Å². The lowest BCUT2D eigenvalue weighted by Gasteiger charge is -2.38. The van der Waals surface area contributed by atoms with Gasteiger partial charge in [0.1, 0.15) is 5.82 Å². The zero-order valence-corrected chi connectivity index (χ0v) is 14.6. The SMILES string of the molecule is CCc1nccn1CC(C)N1CCN(C(=O)c2ccccc2)CC1. The van der Waals surface area contributed by atoms with E-state index in [-0.39, 0.29) is 5.91 Å². The number of hydrogen-bond acceptors (Lipinski definition) is 3. The average molecular weight is 326 g/mol. The molecule has 1 aromatic carbocycles. The molecule has 5 nitrogen and oxygen atoms in total. The van der Waals surface area contributed by atoms with Crippen LogP contribution in [0.15, 0.2) is 42.7 Å². The minimum absolute atomic E-state index is 0.144. The molecule has 0 aliphatic carbocycles. The fraction of sp³-hybridized carbons (Fsp3) is 0.474. The van der Waals surface area contributed by atoms with Crippen molar-refractivity contribution < 1.29 is 4.79 Å². The third-order valence-corrected chi connectivity index (χ3v) is 4.82. The Bertz CT molecular complexity index is 659. The number of piperazine rings is 1. The number of rotatable bonds is 5. The maximum absolute atomic E-state index is 12.5. The van der Waals surface area contributed by atoms with Gasteiger partial charge in [-0.3, -0.25) is 9.69 Å². The van der Waals surface area contributed by atoms with Crippen molar-refractivity contribution in [3.63, 3.8) is 0 Å². The Morgan fingerprint density at radius 1 is 1.17 bits per heavy atom. The highest BCUT2D eigenvalue weighted by atomic mass is 16.2. The van der Waals surface area contributed by atoms with E-state index in [1.165, 1.54) is 0 Å². The molecule has 24 heavy (non-hydrogen) atoms. The van der Waals surface area contributed by atoms with Gasteiger partial charge in [-0.05, 0) is 19.1 Å². The maximum atomic E-state index is 12.5. The summed E-state index contributed by atoms with van der Waals surface area (Å²) in [5.74, 6) is 1.28. The summed E-state index contributed by atoms with van der Waals surface area (Å²) in [4.78, 5) is 21.3. The summed E-state index contributed by atoms with van der Waals surface area (Å²) in [5.41, 5.74) is 0.782. The van der Waals surface area contributed by atoms with Crippen LogP contribution in [0, 0.1) is 0 Å². The fourth-order valence-corrected chi connectivity index (χ4v) is 3.35. The average Bonchev–Trinajstić information content (AvgIpc) is 3.09. The first-order valence-corrected chi connectivity index (χ1v) is 8.77. The Morgan fingerprint density at radius 3 is 2.54 bits per heavy atom. The lowest BCUT2D eigenvalue weighted by atomic mass is 10.1. The van der Waals surface area contributed by atoms with Gasteiger partial charge in [0, 0.05) is 63.1 Å². The van der Waals surface area contributed by atoms with Crippen LogP contribution in [0.2, 0.25) is 0 Å². The van der Waals surface area contributed by atoms with Crippen LogP contribution < -0.4 is 0 Å². The van der Waals surface area contributed by atoms with E-state index in [0.29, 0.717) is 6.04 Å². The molecule has 1 unspecified atom stereocenters. The molecule has 0 radical (unpaired) electrons. The van der Waals surface area contributed by atoms with E-state index in [1.807, 2.05) is 41.4 Å². The first-order chi connectivity index (χ1) is 11.7. The standard InChI is InChI=1S/C19H26N4O/c1-3-18-20-9-10-23(18)15-16(2)21-11-13-22(14-12-21)19(24)17-7-5-4-6-8-17/h4-10,16H,3,11-15H2,1-2H3. The Labute approximate surface area is 143 Å². The van der Waals surface area contributed by atoms with Crippen LogP contribution in [0.25, 0.3) is 0 Å². The van der Waals surface area contributed by atoms with E-state index >= 15 is 0 Å². The van der Waals surface area contributed by atoms with Crippen molar-refractivity contribution in [1.82, 2.24) is 19.4 Å². The van der Waals surface area contributed by atoms with Crippen molar-refractivity contribution >= 4 is 5.91 Å². The fourth-order valence-electron chi connectivity index (χ4n) is 3.35. The third-order valence-electron chi connectivity index (χ3n) is 4.82. The Hall–Kier alpha value is -2.14. The normalized spacial score (nSPS) is 17.0. The largest absolute Gasteiger partial charge is 0.336 e. The minimum Gasteiger partial charge on any atom is -0.336 e. The van der Waals surface area contributed by atoms with Crippen molar-refractivity contribution in [2.24, 2.45) is 0 Å². The second-order valence-electron chi connectivity index (χ2n) is 6.39. The molecule has 1 saturated heterocycles. The number of carbonyl (C=O) groups is 1. The summed E-state index contributed by atoms with van der Waals surface area (Å²) >= 11 is 0. The van der Waals surface area contributed by atoms with Gasteiger partial charge < -0.3 is 9.47 Å². The summed E-state index contributed by atoms with van der Waals surface area (Å²) in [6.45, 7) is 8.79. The van der Waals surface area contributed by atoms with Gasteiger partial charge in [0.05, 0.1) is 0 Å². The molecule has 1 aliphatic heterocycles. The van der Waals surface area contributed by atoms with Crippen molar-refractivity contribution in [3.05, 3.63) is 54.1 Å². The van der Waals surface area contributed by atoms with Gasteiger partial charge in [0.15, 0.2) is 0 Å². The molecule has 5 heteroatoms. The lowest BCUT2D eigenvalue weighted by Crippen LogP contribution is -2.52. The number of amides is 1. The first kappa shape index (κ1) is 16.7. The molecule has 1 amide bonds. The topological polar surface area (TPSA) is 41.4 Å². The molecule has 0 spiro atoms. The molecule has 0 saturated carbocycles. The van der Waals surface area contributed by atoms with E-state index in [9.17, 15) is 4.79 Å². The van der Waals surface area contributed by atoms with Gasteiger partial charge in [-0.1, -0.05) is 25.1 Å². The van der Waals surface area contributed by atoms with E-state index in [4.69, 9.17) is 0 Å². The Morgan fingerprint density at radius 2 is 1.88 bits per heavy atom. The number of benzene rings is 1. The first-order valence-electron chi connectivity index (χ1n) is 8.77. The van der Waals surface area contributed by atoms with Crippen LogP contribution in [0.4, 0.5) is 0 Å². The molecule has 0 N–H and O–H groups in total. The number of aromatic nitrogens is 2. The number of imidazole rings is 1. The molecule has 1 aromatic heterocycles. The highest BCUT2D eigenvalue weighted by molar-refractivity contribution is 5.94. The predicted molar refractivity (Wildman–Crippen MR) is 95.0 cm³/mol. The summed E-state index contributed by atoms with van der Waals surface area (Å²) in [6.07, 6.45) is 4.89. The predicted octanol–water partition coefficient (Wildman–Crippen LogP) is 2.29. The van der Waals surface area contributed by atoms with E-state index in [0.717, 1.165) is 50.5 Å². The van der Waals surface area contributed by atoms with Gasteiger partial charge in [0.2, 0.25) is 0 Å². The molecule has 3 rings (SSSR count). The molecule has 1 atom stereocenters. The van der Waals surface area contributed by atoms with E-state index in [1.54, 1.807) is 0 Å². The maximum Gasteiger partial charge on any atom is 0.253 e. The summed E-state index contributed by atoms with van der Waals surface area (Å²) < 4.78 is 2.24. The molecular weight excluding hydrogens is 300 g/mol. The number of nitrogens with zero attached hydrogens (tertiary/aromatic N) is 4. The van der Waals surface area contributed by atoms with Gasteiger partial charge in [-0.15, -0.1) is 0 Å². The molecular formula is C19H26N4O. The Balaban J connectivity index is 1.54. The van der Waals surface area contributed by atoms with Crippen LogP contribution in [0.1, 0.15) is 30.0 Å². The third kappa shape index (κ3) is 3.67. The number of carbonyl (C=O) groups excluding carboxylic acids is 1. The number of hydrogen-bond donors (Lipinski definition) is 0. The quantitative estimate of drug-likeness (QED) is 0.846. The lowest BCUT2D eigenvalue weighted by molar-refractivity contribution is 0.0567. The molecule has 0 bridgehead atoms. The van der Waals surface area contributed by atoms with Crippen molar-refractivity contribution in [1.29, 1.82) is 0 Å². The second-order valence-corrected chi connectivity index (χ2v) is 6.39. The van der Waals surface area contributed by atoms with Crippen LogP contribution in [-0.2, 0) is 13.0 Å². The van der Waals surface area contributed by atoms with Crippen molar-refractivity contribution in [2.45, 2.75) is 32.9 Å². The van der Waals surface area contributed by atoms with Gasteiger partial charge in [-0.25, -0.2) is 4.98 Å². The van der Waals surface area contributed by atoms with Crippen LogP contribution in [0.5, 0.6) is 0 Å². The van der Waals surface area contributed by atoms with Crippen molar-refractivity contribution in [2.75, 3.05) is 26.2 Å². The van der Waals surface area contributed by atoms with Crippen molar-refractivity contribution in [3.8, 4) is 0 Å². The highest BCUT2D eigenvalue weighted by Crippen LogP contribution is 2.12. The minimum atomic E-state index is 0.144. The second kappa shape index (κ2) is 7.62. The van der Waals surface area contributed by atoms with E-state index < -0.39 is 0 Å². The van der Waals surface area contributed by atoms with Crippen LogP contribution in [-0.4, -0.2) is 57.5 Å². The monoisotopic (exact) mass is 326 g/mol. The molecule has 2 aromatic rings. The van der Waals surface area contributed by atoms with Gasteiger partial charge in [-0.2, -0.15) is 0 Å². The van der Waals surface area contributed by atoms with Gasteiger partial charge in [0.25, 0.3) is 5.91 Å². The van der Waals surface area contributed by atoms with Gasteiger partial charge >= 0.3 is 0 Å². The summed E-state index contributed by atoms with van der Waals surface area (Å²) in [6, 6.07) is 10.0.